The minimum absolute atomic E-state index is 0.00623. The highest BCUT2D eigenvalue weighted by atomic mass is 19.1. The molecule has 1 fully saturated rings. The van der Waals surface area contributed by atoms with Crippen LogP contribution in [0.25, 0.3) is 0 Å². The number of nitrogens with zero attached hydrogens (tertiary/aromatic N) is 2. The minimum atomic E-state index is -0.437. The summed E-state index contributed by atoms with van der Waals surface area (Å²) in [6, 6.07) is 14.1. The number of nitrogens with two attached hydrogens (primary N) is 1. The van der Waals surface area contributed by atoms with Crippen molar-refractivity contribution in [3.63, 3.8) is 0 Å². The van der Waals surface area contributed by atoms with Crippen LogP contribution in [0.1, 0.15) is 36.8 Å². The van der Waals surface area contributed by atoms with Crippen molar-refractivity contribution in [3.8, 4) is 0 Å². The molecule has 6 heteroatoms. The first-order valence-corrected chi connectivity index (χ1v) is 10.7. The van der Waals surface area contributed by atoms with Gasteiger partial charge in [-0.05, 0) is 48.9 Å². The molecule has 2 aliphatic rings. The Morgan fingerprint density at radius 3 is 2.73 bits per heavy atom. The van der Waals surface area contributed by atoms with Crippen molar-refractivity contribution in [2.75, 3.05) is 18.0 Å². The first kappa shape index (κ1) is 20.5. The summed E-state index contributed by atoms with van der Waals surface area (Å²) in [7, 11) is 0. The van der Waals surface area contributed by atoms with Crippen LogP contribution in [0.3, 0.4) is 0 Å². The molecule has 1 unspecified atom stereocenters. The Bertz CT molecular complexity index is 932. The number of para-hydroxylation sites is 1. The minimum Gasteiger partial charge on any atom is -0.338 e. The summed E-state index contributed by atoms with van der Waals surface area (Å²) in [5, 5.41) is 0. The Morgan fingerprint density at radius 1 is 1.13 bits per heavy atom. The van der Waals surface area contributed by atoms with Crippen LogP contribution < -0.4 is 10.6 Å². The van der Waals surface area contributed by atoms with E-state index in [4.69, 9.17) is 5.73 Å². The molecule has 30 heavy (non-hydrogen) atoms. The predicted molar refractivity (Wildman–Crippen MR) is 115 cm³/mol. The van der Waals surface area contributed by atoms with Gasteiger partial charge in [-0.25, -0.2) is 4.39 Å². The Hall–Kier alpha value is -2.73. The van der Waals surface area contributed by atoms with Crippen molar-refractivity contribution in [1.82, 2.24) is 4.90 Å². The molecule has 0 saturated carbocycles. The van der Waals surface area contributed by atoms with Gasteiger partial charge in [-0.1, -0.05) is 36.4 Å². The zero-order valence-corrected chi connectivity index (χ0v) is 17.1. The molecule has 0 radical (unpaired) electrons. The number of rotatable bonds is 6. The standard InChI is InChI=1S/C24H28FN3O2/c25-21-9-3-1-7-18(21)14-19(26)15-24(30)27-13-5-8-20(27)16-28-22-10-4-2-6-17(22)11-12-23(28)29/h1-4,6-7,9-10,19-20H,5,8,11-16,26H2/t19-,20?/m1/s1. The van der Waals surface area contributed by atoms with Gasteiger partial charge in [0.15, 0.2) is 0 Å². The number of halogens is 1. The highest BCUT2D eigenvalue weighted by Crippen LogP contribution is 2.30. The number of amides is 2. The van der Waals surface area contributed by atoms with Crippen LogP contribution in [0.4, 0.5) is 10.1 Å². The summed E-state index contributed by atoms with van der Waals surface area (Å²) in [5.74, 6) is -0.190. The third-order valence-corrected chi connectivity index (χ3v) is 6.16. The van der Waals surface area contributed by atoms with Gasteiger partial charge < -0.3 is 15.5 Å². The number of anilines is 1. The topological polar surface area (TPSA) is 66.6 Å². The molecular formula is C24H28FN3O2. The van der Waals surface area contributed by atoms with Crippen LogP contribution in [0.5, 0.6) is 0 Å². The second-order valence-corrected chi connectivity index (χ2v) is 8.28. The first-order chi connectivity index (χ1) is 14.5. The average Bonchev–Trinajstić information content (AvgIpc) is 3.20. The third-order valence-electron chi connectivity index (χ3n) is 6.16. The molecule has 2 atom stereocenters. The second-order valence-electron chi connectivity index (χ2n) is 8.28. The van der Waals surface area contributed by atoms with E-state index in [0.29, 0.717) is 31.5 Å². The monoisotopic (exact) mass is 409 g/mol. The number of aryl methyl sites for hydroxylation is 1. The number of benzene rings is 2. The Balaban J connectivity index is 1.40. The van der Waals surface area contributed by atoms with Crippen molar-refractivity contribution in [2.45, 2.75) is 50.6 Å². The summed E-state index contributed by atoms with van der Waals surface area (Å²) in [6.07, 6.45) is 3.57. The average molecular weight is 410 g/mol. The fraction of sp³-hybridized carbons (Fsp3) is 0.417. The smallest absolute Gasteiger partial charge is 0.227 e. The van der Waals surface area contributed by atoms with Gasteiger partial charge in [0.05, 0.1) is 0 Å². The van der Waals surface area contributed by atoms with E-state index in [9.17, 15) is 14.0 Å². The van der Waals surface area contributed by atoms with Gasteiger partial charge in [0.2, 0.25) is 11.8 Å². The number of likely N-dealkylation sites (tertiary alicyclic amines) is 1. The molecule has 0 spiro atoms. The molecule has 2 aromatic rings. The van der Waals surface area contributed by atoms with Crippen molar-refractivity contribution < 1.29 is 14.0 Å². The van der Waals surface area contributed by atoms with Gasteiger partial charge in [0, 0.05) is 43.7 Å². The van der Waals surface area contributed by atoms with Crippen LogP contribution in [-0.4, -0.2) is 41.9 Å². The van der Waals surface area contributed by atoms with E-state index in [2.05, 4.69) is 6.07 Å². The highest BCUT2D eigenvalue weighted by molar-refractivity contribution is 5.96. The van der Waals surface area contributed by atoms with E-state index < -0.39 is 6.04 Å². The quantitative estimate of drug-likeness (QED) is 0.797. The second kappa shape index (κ2) is 8.96. The molecule has 0 bridgehead atoms. The lowest BCUT2D eigenvalue weighted by molar-refractivity contribution is -0.132. The number of hydrogen-bond acceptors (Lipinski definition) is 3. The zero-order valence-electron chi connectivity index (χ0n) is 17.1. The number of carbonyl (C=O) groups is 2. The van der Waals surface area contributed by atoms with Crippen molar-refractivity contribution in [2.24, 2.45) is 5.73 Å². The Labute approximate surface area is 176 Å². The maximum Gasteiger partial charge on any atom is 0.227 e. The lowest BCUT2D eigenvalue weighted by atomic mass is 10.00. The van der Waals surface area contributed by atoms with Crippen molar-refractivity contribution in [3.05, 3.63) is 65.5 Å². The first-order valence-electron chi connectivity index (χ1n) is 10.7. The molecule has 0 aromatic heterocycles. The number of fused-ring (bicyclic) bond motifs is 1. The van der Waals surface area contributed by atoms with Gasteiger partial charge in [0.1, 0.15) is 5.82 Å². The van der Waals surface area contributed by atoms with E-state index in [-0.39, 0.29) is 30.1 Å². The Kier molecular flexibility index (Phi) is 6.13. The molecule has 2 amide bonds. The predicted octanol–water partition coefficient (Wildman–Crippen LogP) is 3.06. The summed E-state index contributed by atoms with van der Waals surface area (Å²) in [5.41, 5.74) is 8.86. The lowest BCUT2D eigenvalue weighted by Gasteiger charge is -2.34. The van der Waals surface area contributed by atoms with Gasteiger partial charge in [0.25, 0.3) is 0 Å². The molecule has 1 saturated heterocycles. The van der Waals surface area contributed by atoms with E-state index >= 15 is 0 Å². The summed E-state index contributed by atoms with van der Waals surface area (Å²) in [4.78, 5) is 29.3. The van der Waals surface area contributed by atoms with Gasteiger partial charge in [-0.15, -0.1) is 0 Å². The largest absolute Gasteiger partial charge is 0.338 e. The zero-order chi connectivity index (χ0) is 21.1. The van der Waals surface area contributed by atoms with Crippen LogP contribution in [0.2, 0.25) is 0 Å². The number of carbonyl (C=O) groups excluding carboxylic acids is 2. The normalized spacial score (nSPS) is 19.7. The van der Waals surface area contributed by atoms with Crippen LogP contribution >= 0.6 is 0 Å². The van der Waals surface area contributed by atoms with Crippen LogP contribution in [0, 0.1) is 5.82 Å². The fourth-order valence-electron chi connectivity index (χ4n) is 4.62. The molecular weight excluding hydrogens is 381 g/mol. The van der Waals surface area contributed by atoms with Gasteiger partial charge >= 0.3 is 0 Å². The third kappa shape index (κ3) is 4.38. The molecule has 158 valence electrons. The molecule has 4 rings (SSSR count). The maximum atomic E-state index is 13.9. The van der Waals surface area contributed by atoms with E-state index in [1.165, 1.54) is 11.6 Å². The summed E-state index contributed by atoms with van der Waals surface area (Å²) in [6.45, 7) is 1.20. The van der Waals surface area contributed by atoms with E-state index in [0.717, 1.165) is 24.9 Å². The highest BCUT2D eigenvalue weighted by Gasteiger charge is 2.34. The molecule has 2 N–H and O–H groups in total. The van der Waals surface area contributed by atoms with Gasteiger partial charge in [-0.3, -0.25) is 9.59 Å². The Morgan fingerprint density at radius 2 is 1.90 bits per heavy atom. The lowest BCUT2D eigenvalue weighted by Crippen LogP contribution is -2.47. The maximum absolute atomic E-state index is 13.9. The molecule has 2 aliphatic heterocycles. The van der Waals surface area contributed by atoms with Crippen molar-refractivity contribution in [1.29, 1.82) is 0 Å². The summed E-state index contributed by atoms with van der Waals surface area (Å²) < 4.78 is 13.9. The van der Waals surface area contributed by atoms with Crippen LogP contribution in [0.15, 0.2) is 48.5 Å². The SMILES string of the molecule is N[C@@H](CC(=O)N1CCCC1CN1C(=O)CCc2ccccc21)Cc1ccccc1F. The fourth-order valence-corrected chi connectivity index (χ4v) is 4.62. The van der Waals surface area contributed by atoms with Gasteiger partial charge in [-0.2, -0.15) is 0 Å². The molecule has 2 heterocycles. The summed E-state index contributed by atoms with van der Waals surface area (Å²) >= 11 is 0. The van der Waals surface area contributed by atoms with E-state index in [1.54, 1.807) is 18.2 Å². The van der Waals surface area contributed by atoms with E-state index in [1.807, 2.05) is 28.0 Å². The van der Waals surface area contributed by atoms with Crippen LogP contribution in [-0.2, 0) is 22.4 Å². The van der Waals surface area contributed by atoms with Crippen molar-refractivity contribution >= 4 is 17.5 Å². The molecule has 5 nitrogen and oxygen atoms in total. The molecule has 0 aliphatic carbocycles. The number of hydrogen-bond donors (Lipinski definition) is 1. The molecule has 2 aromatic carbocycles.